The van der Waals surface area contributed by atoms with E-state index in [2.05, 4.69) is 37.7 Å². The molecule has 0 saturated heterocycles. The average molecular weight is 190 g/mol. The fourth-order valence-corrected chi connectivity index (χ4v) is 1.10. The van der Waals surface area contributed by atoms with Gasteiger partial charge in [0.2, 0.25) is 5.70 Å². The lowest BCUT2D eigenvalue weighted by molar-refractivity contribution is -0.438. The molecule has 76 valence electrons. The molecule has 0 amide bonds. The maximum Gasteiger partial charge on any atom is 0.203 e. The summed E-state index contributed by atoms with van der Waals surface area (Å²) in [6, 6.07) is 0. The van der Waals surface area contributed by atoms with Crippen molar-refractivity contribution in [2.75, 3.05) is 7.05 Å². The highest BCUT2D eigenvalue weighted by molar-refractivity contribution is 5.88. The number of allylic oxidation sites excluding steroid dienone is 5. The van der Waals surface area contributed by atoms with E-state index in [9.17, 15) is 0 Å². The van der Waals surface area contributed by atoms with Gasteiger partial charge in [0.15, 0.2) is 5.71 Å². The summed E-state index contributed by atoms with van der Waals surface area (Å²) in [5.74, 6) is 0. The molecule has 0 rings (SSSR count). The number of hydrogen-bond donors (Lipinski definition) is 0. The van der Waals surface area contributed by atoms with E-state index in [-0.39, 0.29) is 0 Å². The summed E-state index contributed by atoms with van der Waals surface area (Å²) in [5, 5.41) is 0. The van der Waals surface area contributed by atoms with Crippen molar-refractivity contribution in [2.45, 2.75) is 20.8 Å². The maximum atomic E-state index is 3.76. The van der Waals surface area contributed by atoms with Crippen molar-refractivity contribution in [1.82, 2.24) is 0 Å². The number of nitrogens with zero attached hydrogens (tertiary/aromatic N) is 1. The minimum absolute atomic E-state index is 1.13. The lowest BCUT2D eigenvalue weighted by atomic mass is 10.2. The minimum Gasteiger partial charge on any atom is -0.199 e. The molecule has 0 heterocycles. The summed E-state index contributed by atoms with van der Waals surface area (Å²) in [6.07, 6.45) is 7.62. The van der Waals surface area contributed by atoms with Crippen LogP contribution in [0, 0.1) is 0 Å². The molecule has 0 aromatic carbocycles. The number of hydrogen-bond acceptors (Lipinski definition) is 0. The molecule has 0 atom stereocenters. The second-order valence-corrected chi connectivity index (χ2v) is 3.38. The quantitative estimate of drug-likeness (QED) is 0.363. The summed E-state index contributed by atoms with van der Waals surface area (Å²) in [6.45, 7) is 13.6. The zero-order chi connectivity index (χ0) is 11.1. The van der Waals surface area contributed by atoms with Gasteiger partial charge in [-0.05, 0) is 25.5 Å². The molecule has 1 nitrogen and oxygen atoms in total. The van der Waals surface area contributed by atoms with Gasteiger partial charge in [0.25, 0.3) is 0 Å². The number of rotatable bonds is 4. The Morgan fingerprint density at radius 3 is 2.07 bits per heavy atom. The van der Waals surface area contributed by atoms with E-state index in [4.69, 9.17) is 0 Å². The van der Waals surface area contributed by atoms with Gasteiger partial charge in [-0.3, -0.25) is 0 Å². The fourth-order valence-electron chi connectivity index (χ4n) is 1.10. The monoisotopic (exact) mass is 190 g/mol. The normalized spacial score (nSPS) is 12.3. The van der Waals surface area contributed by atoms with Gasteiger partial charge in [-0.1, -0.05) is 25.3 Å². The molecule has 0 fully saturated rings. The molecule has 0 aromatic heterocycles. The van der Waals surface area contributed by atoms with Gasteiger partial charge in [-0.25, -0.2) is 0 Å². The summed E-state index contributed by atoms with van der Waals surface area (Å²) in [5.41, 5.74) is 3.59. The molecule has 0 radical (unpaired) electrons. The Morgan fingerprint density at radius 1 is 1.14 bits per heavy atom. The van der Waals surface area contributed by atoms with Crippen LogP contribution in [-0.2, 0) is 0 Å². The summed E-state index contributed by atoms with van der Waals surface area (Å²) in [7, 11) is 2.03. The van der Waals surface area contributed by atoms with Crippen LogP contribution in [0.3, 0.4) is 0 Å². The first-order valence-corrected chi connectivity index (χ1v) is 4.70. The van der Waals surface area contributed by atoms with Crippen molar-refractivity contribution in [1.29, 1.82) is 0 Å². The lowest BCUT2D eigenvalue weighted by Gasteiger charge is -2.01. The third-order valence-electron chi connectivity index (χ3n) is 2.09. The van der Waals surface area contributed by atoms with Crippen LogP contribution in [0.4, 0.5) is 0 Å². The third-order valence-corrected chi connectivity index (χ3v) is 2.09. The topological polar surface area (TPSA) is 3.01 Å². The highest BCUT2D eigenvalue weighted by Crippen LogP contribution is 2.06. The highest BCUT2D eigenvalue weighted by Gasteiger charge is 2.08. The number of likely N-dealkylation sites (N-methyl/N-ethyl adjacent to an activating group) is 1. The SMILES string of the molecule is C=C/C=C\C(=C(C)C)[N+](C)=C(C)C=C. The van der Waals surface area contributed by atoms with Gasteiger partial charge < -0.3 is 0 Å². The van der Waals surface area contributed by atoms with Crippen LogP contribution in [0.2, 0.25) is 0 Å². The van der Waals surface area contributed by atoms with Gasteiger partial charge in [-0.2, -0.15) is 4.58 Å². The summed E-state index contributed by atoms with van der Waals surface area (Å²) >= 11 is 0. The third kappa shape index (κ3) is 3.56. The highest BCUT2D eigenvalue weighted by atomic mass is 15.0. The smallest absolute Gasteiger partial charge is 0.199 e. The van der Waals surface area contributed by atoms with Crippen molar-refractivity contribution in [3.63, 3.8) is 0 Å². The van der Waals surface area contributed by atoms with Crippen LogP contribution in [0.25, 0.3) is 0 Å². The van der Waals surface area contributed by atoms with Gasteiger partial charge >= 0.3 is 0 Å². The molecule has 0 N–H and O–H groups in total. The Kier molecular flexibility index (Phi) is 5.54. The molecule has 0 unspecified atom stereocenters. The van der Waals surface area contributed by atoms with Crippen LogP contribution in [-0.4, -0.2) is 17.3 Å². The molecule has 0 saturated carbocycles. The molecule has 1 heteroatoms. The van der Waals surface area contributed by atoms with Crippen LogP contribution < -0.4 is 0 Å². The maximum absolute atomic E-state index is 3.76. The molecule has 0 aliphatic rings. The molecule has 0 aliphatic heterocycles. The van der Waals surface area contributed by atoms with E-state index in [1.165, 1.54) is 11.3 Å². The second kappa shape index (κ2) is 6.14. The molecule has 0 aromatic rings. The predicted octanol–water partition coefficient (Wildman–Crippen LogP) is 3.31. The van der Waals surface area contributed by atoms with Crippen molar-refractivity contribution in [3.05, 3.63) is 48.7 Å². The first-order chi connectivity index (χ1) is 6.54. The Morgan fingerprint density at radius 2 is 1.71 bits per heavy atom. The van der Waals surface area contributed by atoms with Crippen LogP contribution in [0.1, 0.15) is 20.8 Å². The molecule has 0 bridgehead atoms. The van der Waals surface area contributed by atoms with Gasteiger partial charge in [0.05, 0.1) is 0 Å². The molecular formula is C13H20N+. The summed E-state index contributed by atoms with van der Waals surface area (Å²) < 4.78 is 2.11. The van der Waals surface area contributed by atoms with Crippen LogP contribution in [0.15, 0.2) is 48.7 Å². The Bertz CT molecular complexity index is 310. The Hall–Kier alpha value is -1.37. The van der Waals surface area contributed by atoms with Crippen molar-refractivity contribution < 1.29 is 4.58 Å². The first kappa shape index (κ1) is 12.6. The zero-order valence-corrected chi connectivity index (χ0v) is 9.67. The standard InChI is InChI=1S/C13H20N/c1-7-9-10-13(11(3)4)14(6)12(5)8-2/h7-10H,1-2H2,3-6H3/q+1/b10-9-,14-12?. The van der Waals surface area contributed by atoms with E-state index in [1.807, 2.05) is 26.1 Å². The van der Waals surface area contributed by atoms with E-state index in [1.54, 1.807) is 6.08 Å². The van der Waals surface area contributed by atoms with Crippen molar-refractivity contribution >= 4 is 5.71 Å². The molecular weight excluding hydrogens is 170 g/mol. The lowest BCUT2D eigenvalue weighted by Crippen LogP contribution is -2.12. The van der Waals surface area contributed by atoms with Crippen molar-refractivity contribution in [2.24, 2.45) is 0 Å². The first-order valence-electron chi connectivity index (χ1n) is 4.70. The van der Waals surface area contributed by atoms with Gasteiger partial charge in [0.1, 0.15) is 7.05 Å². The predicted molar refractivity (Wildman–Crippen MR) is 64.8 cm³/mol. The largest absolute Gasteiger partial charge is 0.203 e. The summed E-state index contributed by atoms with van der Waals surface area (Å²) in [4.78, 5) is 0. The fraction of sp³-hybridized carbons (Fsp3) is 0.308. The molecule has 0 aliphatic carbocycles. The second-order valence-electron chi connectivity index (χ2n) is 3.38. The van der Waals surface area contributed by atoms with E-state index in [0.29, 0.717) is 0 Å². The average Bonchev–Trinajstić information content (AvgIpc) is 2.16. The zero-order valence-electron chi connectivity index (χ0n) is 9.67. The Labute approximate surface area is 87.5 Å². The van der Waals surface area contributed by atoms with Crippen LogP contribution >= 0.6 is 0 Å². The van der Waals surface area contributed by atoms with Gasteiger partial charge in [0, 0.05) is 13.0 Å². The van der Waals surface area contributed by atoms with Crippen molar-refractivity contribution in [3.8, 4) is 0 Å². The minimum atomic E-state index is 1.13. The molecule has 0 spiro atoms. The van der Waals surface area contributed by atoms with Crippen LogP contribution in [0.5, 0.6) is 0 Å². The Balaban J connectivity index is 5.26. The van der Waals surface area contributed by atoms with E-state index < -0.39 is 0 Å². The molecule has 14 heavy (non-hydrogen) atoms. The van der Waals surface area contributed by atoms with Gasteiger partial charge in [-0.15, -0.1) is 0 Å². The van der Waals surface area contributed by atoms with E-state index in [0.717, 1.165) is 5.71 Å². The van der Waals surface area contributed by atoms with E-state index >= 15 is 0 Å².